The number of hydrogen-bond donors (Lipinski definition) is 1. The molecule has 6 nitrogen and oxygen atoms in total. The first-order valence-electron chi connectivity index (χ1n) is 8.81. The van der Waals surface area contributed by atoms with Crippen LogP contribution in [0.4, 0.5) is 0 Å². The van der Waals surface area contributed by atoms with Crippen LogP contribution in [0.25, 0.3) is 21.8 Å². The van der Waals surface area contributed by atoms with Crippen LogP contribution in [-0.4, -0.2) is 26.6 Å². The molecular weight excluding hydrogens is 338 g/mol. The Kier molecular flexibility index (Phi) is 4.61. The highest BCUT2D eigenvalue weighted by Crippen LogP contribution is 2.16. The van der Waals surface area contributed by atoms with E-state index in [4.69, 9.17) is 0 Å². The van der Waals surface area contributed by atoms with Gasteiger partial charge in [-0.3, -0.25) is 4.79 Å². The van der Waals surface area contributed by atoms with E-state index in [-0.39, 0.29) is 12.3 Å². The van der Waals surface area contributed by atoms with Gasteiger partial charge >= 0.3 is 0 Å². The van der Waals surface area contributed by atoms with E-state index in [9.17, 15) is 4.79 Å². The van der Waals surface area contributed by atoms with Gasteiger partial charge in [-0.1, -0.05) is 53.7 Å². The molecule has 0 fully saturated rings. The summed E-state index contributed by atoms with van der Waals surface area (Å²) in [6.07, 6.45) is 0.280. The van der Waals surface area contributed by atoms with Gasteiger partial charge in [-0.05, 0) is 41.5 Å². The molecule has 4 aromatic rings. The Balaban J connectivity index is 1.39. The van der Waals surface area contributed by atoms with Crippen molar-refractivity contribution < 1.29 is 4.79 Å². The second-order valence-corrected chi connectivity index (χ2v) is 6.35. The number of nitrogens with one attached hydrogen (secondary N) is 1. The first-order valence-corrected chi connectivity index (χ1v) is 8.81. The number of aromatic nitrogens is 3. The fraction of sp³-hybridized carbons (Fsp3) is 0.143. The lowest BCUT2D eigenvalue weighted by molar-refractivity contribution is -0.121. The van der Waals surface area contributed by atoms with Gasteiger partial charge in [0, 0.05) is 6.42 Å². The summed E-state index contributed by atoms with van der Waals surface area (Å²) in [7, 11) is 0. The van der Waals surface area contributed by atoms with E-state index in [0.717, 1.165) is 27.7 Å². The maximum Gasteiger partial charge on any atom is 0.241 e. The molecule has 0 aliphatic heterocycles. The topological polar surface area (TPSA) is 72.2 Å². The van der Waals surface area contributed by atoms with Gasteiger partial charge in [-0.2, -0.15) is 5.10 Å². The molecular formula is C21H19N5O. The molecule has 1 aromatic heterocycles. The molecule has 0 radical (unpaired) electrons. The number of fused-ring (bicyclic) bond motifs is 2. The van der Waals surface area contributed by atoms with Crippen molar-refractivity contribution >= 4 is 33.4 Å². The van der Waals surface area contributed by atoms with Gasteiger partial charge in [0.05, 0.1) is 17.8 Å². The predicted molar refractivity (Wildman–Crippen MR) is 106 cm³/mol. The molecule has 3 aromatic carbocycles. The van der Waals surface area contributed by atoms with Crippen LogP contribution >= 0.6 is 0 Å². The van der Waals surface area contributed by atoms with E-state index in [1.54, 1.807) is 4.68 Å². The van der Waals surface area contributed by atoms with Gasteiger partial charge in [-0.15, -0.1) is 5.10 Å². The monoisotopic (exact) mass is 357 g/mol. The summed E-state index contributed by atoms with van der Waals surface area (Å²) in [6, 6.07) is 22.0. The third kappa shape index (κ3) is 3.69. The van der Waals surface area contributed by atoms with Crippen molar-refractivity contribution in [2.24, 2.45) is 5.10 Å². The maximum atomic E-state index is 12.1. The number of amides is 1. The third-order valence-electron chi connectivity index (χ3n) is 4.49. The van der Waals surface area contributed by atoms with Crippen molar-refractivity contribution in [3.63, 3.8) is 0 Å². The van der Waals surface area contributed by atoms with Crippen LogP contribution < -0.4 is 5.43 Å². The van der Waals surface area contributed by atoms with E-state index < -0.39 is 0 Å². The standard InChI is InChI=1S/C21H19N5O/c1-15(17-11-10-16-6-2-3-7-18(16)14-17)22-24-21(27)12-13-26-20-9-5-4-8-19(20)23-25-26/h2-11,14H,12-13H2,1H3,(H,24,27)/b22-15-. The number of carbonyl (C=O) groups is 1. The van der Waals surface area contributed by atoms with Crippen LogP contribution in [0.5, 0.6) is 0 Å². The molecule has 0 saturated carbocycles. The molecule has 134 valence electrons. The summed E-state index contributed by atoms with van der Waals surface area (Å²) in [6.45, 7) is 2.34. The summed E-state index contributed by atoms with van der Waals surface area (Å²) < 4.78 is 1.73. The fourth-order valence-corrected chi connectivity index (χ4v) is 2.97. The van der Waals surface area contributed by atoms with Crippen molar-refractivity contribution in [1.82, 2.24) is 20.4 Å². The molecule has 0 bridgehead atoms. The summed E-state index contributed by atoms with van der Waals surface area (Å²) in [5, 5.41) is 14.7. The number of aryl methyl sites for hydroxylation is 1. The van der Waals surface area contributed by atoms with Crippen LogP contribution in [-0.2, 0) is 11.3 Å². The predicted octanol–water partition coefficient (Wildman–Crippen LogP) is 3.52. The average Bonchev–Trinajstić information content (AvgIpc) is 3.13. The number of rotatable bonds is 5. The van der Waals surface area contributed by atoms with E-state index in [1.807, 2.05) is 49.4 Å². The quantitative estimate of drug-likeness (QED) is 0.439. The number of para-hydroxylation sites is 1. The number of carbonyl (C=O) groups excluding carboxylic acids is 1. The summed E-state index contributed by atoms with van der Waals surface area (Å²) in [5.41, 5.74) is 6.11. The fourth-order valence-electron chi connectivity index (χ4n) is 2.97. The number of hydrogen-bond acceptors (Lipinski definition) is 4. The molecule has 0 saturated heterocycles. The largest absolute Gasteiger partial charge is 0.273 e. The van der Waals surface area contributed by atoms with Crippen molar-refractivity contribution in [1.29, 1.82) is 0 Å². The third-order valence-corrected chi connectivity index (χ3v) is 4.49. The minimum absolute atomic E-state index is 0.158. The van der Waals surface area contributed by atoms with Crippen LogP contribution in [0.1, 0.15) is 18.9 Å². The van der Waals surface area contributed by atoms with E-state index >= 15 is 0 Å². The minimum atomic E-state index is -0.158. The Morgan fingerprint density at radius 3 is 2.70 bits per heavy atom. The van der Waals surface area contributed by atoms with Crippen LogP contribution in [0.3, 0.4) is 0 Å². The lowest BCUT2D eigenvalue weighted by Crippen LogP contribution is -2.21. The van der Waals surface area contributed by atoms with Gasteiger partial charge in [0.2, 0.25) is 5.91 Å². The lowest BCUT2D eigenvalue weighted by Gasteiger charge is -2.05. The molecule has 1 amide bonds. The molecule has 1 heterocycles. The number of benzene rings is 3. The molecule has 1 N–H and O–H groups in total. The second kappa shape index (κ2) is 7.37. The van der Waals surface area contributed by atoms with Crippen molar-refractivity contribution in [3.05, 3.63) is 72.3 Å². The molecule has 0 aliphatic carbocycles. The Bertz CT molecular complexity index is 1150. The van der Waals surface area contributed by atoms with Gasteiger partial charge in [0.1, 0.15) is 5.52 Å². The van der Waals surface area contributed by atoms with Crippen LogP contribution in [0.2, 0.25) is 0 Å². The molecule has 0 spiro atoms. The summed E-state index contributed by atoms with van der Waals surface area (Å²) in [4.78, 5) is 12.1. The highest BCUT2D eigenvalue weighted by Gasteiger charge is 2.07. The maximum absolute atomic E-state index is 12.1. The second-order valence-electron chi connectivity index (χ2n) is 6.35. The zero-order valence-corrected chi connectivity index (χ0v) is 15.0. The Morgan fingerprint density at radius 2 is 1.81 bits per heavy atom. The molecule has 0 atom stereocenters. The van der Waals surface area contributed by atoms with E-state index in [1.165, 1.54) is 5.39 Å². The summed E-state index contributed by atoms with van der Waals surface area (Å²) in [5.74, 6) is -0.158. The normalized spacial score (nSPS) is 11.8. The highest BCUT2D eigenvalue weighted by molar-refractivity contribution is 6.02. The van der Waals surface area contributed by atoms with Crippen LogP contribution in [0, 0.1) is 0 Å². The molecule has 4 rings (SSSR count). The van der Waals surface area contributed by atoms with E-state index in [0.29, 0.717) is 6.54 Å². The van der Waals surface area contributed by atoms with Gasteiger partial charge < -0.3 is 0 Å². The first kappa shape index (κ1) is 16.9. The zero-order valence-electron chi connectivity index (χ0n) is 15.0. The minimum Gasteiger partial charge on any atom is -0.273 e. The van der Waals surface area contributed by atoms with Gasteiger partial charge in [-0.25, -0.2) is 10.1 Å². The zero-order chi connectivity index (χ0) is 18.6. The van der Waals surface area contributed by atoms with Crippen molar-refractivity contribution in [2.45, 2.75) is 19.9 Å². The number of nitrogens with zero attached hydrogens (tertiary/aromatic N) is 4. The average molecular weight is 357 g/mol. The lowest BCUT2D eigenvalue weighted by atomic mass is 10.0. The molecule has 27 heavy (non-hydrogen) atoms. The Morgan fingerprint density at radius 1 is 1.04 bits per heavy atom. The Hall–Kier alpha value is -3.54. The van der Waals surface area contributed by atoms with Crippen molar-refractivity contribution in [2.75, 3.05) is 0 Å². The van der Waals surface area contributed by atoms with E-state index in [2.05, 4.69) is 45.1 Å². The SMILES string of the molecule is C/C(=N/NC(=O)CCn1nnc2ccccc21)c1ccc2ccccc2c1. The molecule has 6 heteroatoms. The molecule has 0 aliphatic rings. The Labute approximate surface area is 156 Å². The summed E-state index contributed by atoms with van der Waals surface area (Å²) >= 11 is 0. The molecule has 0 unspecified atom stereocenters. The van der Waals surface area contributed by atoms with Gasteiger partial charge in [0.25, 0.3) is 0 Å². The van der Waals surface area contributed by atoms with Crippen molar-refractivity contribution in [3.8, 4) is 0 Å². The highest BCUT2D eigenvalue weighted by atomic mass is 16.2. The smallest absolute Gasteiger partial charge is 0.241 e. The van der Waals surface area contributed by atoms with Crippen LogP contribution in [0.15, 0.2) is 71.8 Å². The number of hydrazone groups is 1. The van der Waals surface area contributed by atoms with Gasteiger partial charge in [0.15, 0.2) is 0 Å². The first-order chi connectivity index (χ1) is 13.2.